The van der Waals surface area contributed by atoms with E-state index in [2.05, 4.69) is 27.2 Å². The highest BCUT2D eigenvalue weighted by molar-refractivity contribution is 5.73. The number of nitrogens with two attached hydrogens (primary N) is 1. The molecule has 24 heavy (non-hydrogen) atoms. The summed E-state index contributed by atoms with van der Waals surface area (Å²) in [6.45, 7) is 2.08. The minimum Gasteiger partial charge on any atom is -0.457 e. The van der Waals surface area contributed by atoms with Crippen LogP contribution in [0.5, 0.6) is 0 Å². The third-order valence-electron chi connectivity index (χ3n) is 4.13. The van der Waals surface area contributed by atoms with E-state index in [1.54, 1.807) is 0 Å². The number of nitrogens with one attached hydrogen (secondary N) is 1. The van der Waals surface area contributed by atoms with Crippen LogP contribution in [0.25, 0.3) is 0 Å². The molecular formula is C17H21N5O2. The summed E-state index contributed by atoms with van der Waals surface area (Å²) in [5, 5.41) is 3.15. The first-order valence-electron chi connectivity index (χ1n) is 8.17. The van der Waals surface area contributed by atoms with E-state index in [1.165, 1.54) is 0 Å². The number of nitrogen functional groups attached to an aromatic ring is 1. The van der Waals surface area contributed by atoms with Crippen LogP contribution in [0.2, 0.25) is 0 Å². The zero-order chi connectivity index (χ0) is 16.9. The molecule has 1 aliphatic rings. The van der Waals surface area contributed by atoms with Gasteiger partial charge in [0.05, 0.1) is 5.92 Å². The third-order valence-corrected chi connectivity index (χ3v) is 4.13. The molecule has 1 aliphatic carbocycles. The lowest BCUT2D eigenvalue weighted by atomic mass is 9.86. The van der Waals surface area contributed by atoms with Gasteiger partial charge in [0.1, 0.15) is 0 Å². The van der Waals surface area contributed by atoms with Crippen LogP contribution in [-0.4, -0.2) is 20.9 Å². The smallest absolute Gasteiger partial charge is 0.309 e. The number of ether oxygens (including phenoxy) is 1. The number of carbonyl (C=O) groups excluding carboxylic acids is 1. The van der Waals surface area contributed by atoms with Crippen LogP contribution >= 0.6 is 0 Å². The standard InChI is InChI=1S/C17H21N5O2/c1-2-11-6-3-4-9-13(11)19-17-21-14(20-16(18)22-17)10-24-15(23)12-7-5-8-12/h3-4,6,9,12H,2,5,7-8,10H2,1H3,(H3,18,19,20,21,22). The molecule has 2 aromatic rings. The maximum Gasteiger partial charge on any atom is 0.309 e. The summed E-state index contributed by atoms with van der Waals surface area (Å²) in [5.41, 5.74) is 7.81. The lowest BCUT2D eigenvalue weighted by molar-refractivity contribution is -0.153. The van der Waals surface area contributed by atoms with Crippen molar-refractivity contribution in [3.8, 4) is 0 Å². The molecule has 7 heteroatoms. The summed E-state index contributed by atoms with van der Waals surface area (Å²) >= 11 is 0. The average molecular weight is 327 g/mol. The molecule has 0 atom stereocenters. The first-order chi connectivity index (χ1) is 11.7. The van der Waals surface area contributed by atoms with E-state index < -0.39 is 0 Å². The van der Waals surface area contributed by atoms with Gasteiger partial charge in [-0.1, -0.05) is 31.5 Å². The molecule has 0 amide bonds. The average Bonchev–Trinajstić information content (AvgIpc) is 2.51. The van der Waals surface area contributed by atoms with Crippen LogP contribution < -0.4 is 11.1 Å². The topological polar surface area (TPSA) is 103 Å². The van der Waals surface area contributed by atoms with Gasteiger partial charge < -0.3 is 15.8 Å². The van der Waals surface area contributed by atoms with Gasteiger partial charge in [-0.25, -0.2) is 0 Å². The Balaban J connectivity index is 1.70. The number of esters is 1. The van der Waals surface area contributed by atoms with Crippen molar-refractivity contribution in [2.24, 2.45) is 5.92 Å². The Bertz CT molecular complexity index is 731. The van der Waals surface area contributed by atoms with Crippen LogP contribution in [-0.2, 0) is 22.6 Å². The zero-order valence-electron chi connectivity index (χ0n) is 13.7. The third kappa shape index (κ3) is 3.79. The molecule has 126 valence electrons. The minimum absolute atomic E-state index is 0.00611. The summed E-state index contributed by atoms with van der Waals surface area (Å²) in [4.78, 5) is 24.2. The number of benzene rings is 1. The number of rotatable bonds is 6. The van der Waals surface area contributed by atoms with Crippen LogP contribution in [0.4, 0.5) is 17.6 Å². The molecule has 0 saturated heterocycles. The fourth-order valence-corrected chi connectivity index (χ4v) is 2.53. The number of para-hydroxylation sites is 1. The van der Waals surface area contributed by atoms with Crippen molar-refractivity contribution in [2.45, 2.75) is 39.2 Å². The Kier molecular flexibility index (Phi) is 4.88. The number of carbonyl (C=O) groups is 1. The summed E-state index contributed by atoms with van der Waals surface area (Å²) < 4.78 is 5.26. The van der Waals surface area contributed by atoms with Crippen molar-refractivity contribution in [1.82, 2.24) is 15.0 Å². The van der Waals surface area contributed by atoms with Gasteiger partial charge in [0.15, 0.2) is 12.4 Å². The Labute approximate surface area is 140 Å². The molecule has 1 heterocycles. The summed E-state index contributed by atoms with van der Waals surface area (Å²) in [5.74, 6) is 0.616. The lowest BCUT2D eigenvalue weighted by Gasteiger charge is -2.22. The van der Waals surface area contributed by atoms with Crippen molar-refractivity contribution in [2.75, 3.05) is 11.1 Å². The van der Waals surface area contributed by atoms with E-state index in [4.69, 9.17) is 10.5 Å². The molecule has 1 aromatic carbocycles. The number of aromatic nitrogens is 3. The Morgan fingerprint density at radius 3 is 2.79 bits per heavy atom. The summed E-state index contributed by atoms with van der Waals surface area (Å²) in [6.07, 6.45) is 3.77. The largest absolute Gasteiger partial charge is 0.457 e. The van der Waals surface area contributed by atoms with Gasteiger partial charge in [0.25, 0.3) is 0 Å². The molecule has 1 aromatic heterocycles. The van der Waals surface area contributed by atoms with E-state index in [9.17, 15) is 4.79 Å². The molecule has 0 spiro atoms. The van der Waals surface area contributed by atoms with E-state index in [1.807, 2.05) is 24.3 Å². The second-order valence-electron chi connectivity index (χ2n) is 5.80. The van der Waals surface area contributed by atoms with Gasteiger partial charge in [-0.15, -0.1) is 0 Å². The van der Waals surface area contributed by atoms with Crippen LogP contribution in [0, 0.1) is 5.92 Å². The summed E-state index contributed by atoms with van der Waals surface area (Å²) in [7, 11) is 0. The molecule has 7 nitrogen and oxygen atoms in total. The number of hydrogen-bond acceptors (Lipinski definition) is 7. The first-order valence-corrected chi connectivity index (χ1v) is 8.17. The van der Waals surface area contributed by atoms with Gasteiger partial charge in [0.2, 0.25) is 11.9 Å². The van der Waals surface area contributed by atoms with E-state index in [-0.39, 0.29) is 24.4 Å². The quantitative estimate of drug-likeness (QED) is 0.786. The highest BCUT2D eigenvalue weighted by Crippen LogP contribution is 2.27. The maximum absolute atomic E-state index is 11.8. The van der Waals surface area contributed by atoms with E-state index in [0.717, 1.165) is 36.9 Å². The van der Waals surface area contributed by atoms with Crippen molar-refractivity contribution in [3.63, 3.8) is 0 Å². The molecule has 1 fully saturated rings. The molecule has 0 radical (unpaired) electrons. The molecule has 1 saturated carbocycles. The molecule has 0 aliphatic heterocycles. The van der Waals surface area contributed by atoms with E-state index in [0.29, 0.717) is 11.8 Å². The highest BCUT2D eigenvalue weighted by Gasteiger charge is 2.26. The van der Waals surface area contributed by atoms with Gasteiger partial charge >= 0.3 is 5.97 Å². The second-order valence-corrected chi connectivity index (χ2v) is 5.80. The number of anilines is 3. The highest BCUT2D eigenvalue weighted by atomic mass is 16.5. The Morgan fingerprint density at radius 1 is 1.29 bits per heavy atom. The van der Waals surface area contributed by atoms with Crippen LogP contribution in [0.1, 0.15) is 37.6 Å². The van der Waals surface area contributed by atoms with Crippen molar-refractivity contribution in [1.29, 1.82) is 0 Å². The fourth-order valence-electron chi connectivity index (χ4n) is 2.53. The zero-order valence-corrected chi connectivity index (χ0v) is 13.7. The lowest BCUT2D eigenvalue weighted by Crippen LogP contribution is -2.24. The van der Waals surface area contributed by atoms with Crippen molar-refractivity contribution >= 4 is 23.6 Å². The van der Waals surface area contributed by atoms with Gasteiger partial charge in [0, 0.05) is 5.69 Å². The van der Waals surface area contributed by atoms with E-state index >= 15 is 0 Å². The predicted molar refractivity (Wildman–Crippen MR) is 90.5 cm³/mol. The molecule has 3 N–H and O–H groups in total. The Hall–Kier alpha value is -2.70. The number of nitrogens with zero attached hydrogens (tertiary/aromatic N) is 3. The fraction of sp³-hybridized carbons (Fsp3) is 0.412. The Morgan fingerprint density at radius 2 is 2.08 bits per heavy atom. The van der Waals surface area contributed by atoms with Gasteiger partial charge in [-0.05, 0) is 30.9 Å². The second kappa shape index (κ2) is 7.25. The monoisotopic (exact) mass is 327 g/mol. The van der Waals surface area contributed by atoms with Crippen LogP contribution in [0.3, 0.4) is 0 Å². The summed E-state index contributed by atoms with van der Waals surface area (Å²) in [6, 6.07) is 7.91. The minimum atomic E-state index is -0.189. The normalized spacial score (nSPS) is 14.0. The maximum atomic E-state index is 11.8. The number of aryl methyl sites for hydroxylation is 1. The van der Waals surface area contributed by atoms with Gasteiger partial charge in [-0.3, -0.25) is 4.79 Å². The van der Waals surface area contributed by atoms with Crippen LogP contribution in [0.15, 0.2) is 24.3 Å². The van der Waals surface area contributed by atoms with Gasteiger partial charge in [-0.2, -0.15) is 15.0 Å². The van der Waals surface area contributed by atoms with Crippen molar-refractivity contribution in [3.05, 3.63) is 35.7 Å². The predicted octanol–water partition coefficient (Wildman–Crippen LogP) is 2.60. The molecule has 3 rings (SSSR count). The molecule has 0 unspecified atom stereocenters. The first kappa shape index (κ1) is 16.2. The SMILES string of the molecule is CCc1ccccc1Nc1nc(N)nc(COC(=O)C2CCC2)n1. The molecular weight excluding hydrogens is 306 g/mol. The number of hydrogen-bond donors (Lipinski definition) is 2. The molecule has 0 bridgehead atoms. The van der Waals surface area contributed by atoms with Crippen molar-refractivity contribution < 1.29 is 9.53 Å².